The van der Waals surface area contributed by atoms with E-state index in [2.05, 4.69) is 17.2 Å². The largest absolute Gasteiger partial charge is 0.489 e. The first-order valence-corrected chi connectivity index (χ1v) is 8.06. The maximum atomic E-state index is 12.7. The molecule has 25 heavy (non-hydrogen) atoms. The molecule has 1 aliphatic rings. The van der Waals surface area contributed by atoms with Crippen molar-refractivity contribution in [3.05, 3.63) is 42.0 Å². The van der Waals surface area contributed by atoms with Gasteiger partial charge >= 0.3 is 6.03 Å². The Hall–Kier alpha value is -2.83. The number of urea groups is 1. The Bertz CT molecular complexity index is 699. The number of hydrogen-bond acceptors (Lipinski definition) is 4. The number of amides is 4. The molecular weight excluding hydrogens is 322 g/mol. The maximum absolute atomic E-state index is 12.7. The SMILES string of the molecule is C=C(C)COc1ccc(C2(C)NC(=O)N(CC(=O)NCC)C2=O)cc1. The van der Waals surface area contributed by atoms with E-state index in [1.165, 1.54) is 0 Å². The van der Waals surface area contributed by atoms with Gasteiger partial charge in [-0.2, -0.15) is 0 Å². The molecule has 1 saturated heterocycles. The zero-order valence-corrected chi connectivity index (χ0v) is 14.7. The molecular formula is C18H23N3O4. The van der Waals surface area contributed by atoms with Crippen LogP contribution in [0, 0.1) is 0 Å². The minimum Gasteiger partial charge on any atom is -0.489 e. The molecule has 1 heterocycles. The molecule has 4 amide bonds. The number of benzene rings is 1. The van der Waals surface area contributed by atoms with E-state index in [4.69, 9.17) is 4.74 Å². The van der Waals surface area contributed by atoms with Crippen LogP contribution in [0.2, 0.25) is 0 Å². The second-order valence-electron chi connectivity index (χ2n) is 6.17. The lowest BCUT2D eigenvalue weighted by Crippen LogP contribution is -2.43. The van der Waals surface area contributed by atoms with Crippen LogP contribution in [0.4, 0.5) is 4.79 Å². The summed E-state index contributed by atoms with van der Waals surface area (Å²) in [5.74, 6) is -0.190. The Labute approximate surface area is 147 Å². The van der Waals surface area contributed by atoms with E-state index in [1.54, 1.807) is 38.1 Å². The van der Waals surface area contributed by atoms with E-state index in [1.807, 2.05) is 6.92 Å². The van der Waals surface area contributed by atoms with Crippen LogP contribution in [0.25, 0.3) is 0 Å². The van der Waals surface area contributed by atoms with Crippen LogP contribution in [0.5, 0.6) is 5.75 Å². The van der Waals surface area contributed by atoms with Crippen molar-refractivity contribution in [2.75, 3.05) is 19.7 Å². The molecule has 0 spiro atoms. The summed E-state index contributed by atoms with van der Waals surface area (Å²) in [5, 5.41) is 5.24. The third-order valence-electron chi connectivity index (χ3n) is 3.87. The number of ether oxygens (including phenoxy) is 1. The number of nitrogens with zero attached hydrogens (tertiary/aromatic N) is 1. The lowest BCUT2D eigenvalue weighted by molar-refractivity contribution is -0.134. The number of likely N-dealkylation sites (N-methyl/N-ethyl adjacent to an activating group) is 1. The van der Waals surface area contributed by atoms with Crippen LogP contribution in [-0.2, 0) is 15.1 Å². The van der Waals surface area contributed by atoms with Gasteiger partial charge in [0.25, 0.3) is 5.91 Å². The van der Waals surface area contributed by atoms with Crippen molar-refractivity contribution >= 4 is 17.8 Å². The van der Waals surface area contributed by atoms with Gasteiger partial charge in [-0.25, -0.2) is 4.79 Å². The van der Waals surface area contributed by atoms with Crippen molar-refractivity contribution in [1.29, 1.82) is 0 Å². The quantitative estimate of drug-likeness (QED) is 0.580. The first-order chi connectivity index (χ1) is 11.8. The van der Waals surface area contributed by atoms with Crippen molar-refractivity contribution in [1.82, 2.24) is 15.5 Å². The second-order valence-corrected chi connectivity index (χ2v) is 6.17. The summed E-state index contributed by atoms with van der Waals surface area (Å²) >= 11 is 0. The van der Waals surface area contributed by atoms with Gasteiger partial charge in [-0.3, -0.25) is 14.5 Å². The molecule has 0 saturated carbocycles. The van der Waals surface area contributed by atoms with E-state index >= 15 is 0 Å². The molecule has 1 unspecified atom stereocenters. The van der Waals surface area contributed by atoms with Crippen molar-refractivity contribution in [3.8, 4) is 5.75 Å². The highest BCUT2D eigenvalue weighted by atomic mass is 16.5. The number of carbonyl (C=O) groups is 3. The molecule has 2 N–H and O–H groups in total. The molecule has 2 rings (SSSR count). The molecule has 0 radical (unpaired) electrons. The first kappa shape index (κ1) is 18.5. The molecule has 1 aromatic carbocycles. The predicted octanol–water partition coefficient (Wildman–Crippen LogP) is 1.54. The van der Waals surface area contributed by atoms with E-state index in [9.17, 15) is 14.4 Å². The summed E-state index contributed by atoms with van der Waals surface area (Å²) in [5.41, 5.74) is 0.304. The summed E-state index contributed by atoms with van der Waals surface area (Å²) in [6.07, 6.45) is 0. The van der Waals surface area contributed by atoms with E-state index in [-0.39, 0.29) is 12.5 Å². The van der Waals surface area contributed by atoms with Gasteiger partial charge in [0, 0.05) is 6.54 Å². The van der Waals surface area contributed by atoms with E-state index in [0.717, 1.165) is 10.5 Å². The van der Waals surface area contributed by atoms with Crippen LogP contribution in [0.3, 0.4) is 0 Å². The fraction of sp³-hybridized carbons (Fsp3) is 0.389. The van der Waals surface area contributed by atoms with Gasteiger partial charge in [0.15, 0.2) is 0 Å². The van der Waals surface area contributed by atoms with Crippen molar-refractivity contribution in [3.63, 3.8) is 0 Å². The molecule has 1 atom stereocenters. The average Bonchev–Trinajstić information content (AvgIpc) is 2.78. The Morgan fingerprint density at radius 2 is 1.96 bits per heavy atom. The minimum absolute atomic E-state index is 0.298. The number of carbonyl (C=O) groups excluding carboxylic acids is 3. The molecule has 1 aliphatic heterocycles. The number of nitrogens with one attached hydrogen (secondary N) is 2. The lowest BCUT2D eigenvalue weighted by atomic mass is 9.92. The van der Waals surface area contributed by atoms with Gasteiger partial charge in [0.05, 0.1) is 0 Å². The van der Waals surface area contributed by atoms with Crippen LogP contribution in [0.1, 0.15) is 26.3 Å². The Balaban J connectivity index is 2.15. The van der Waals surface area contributed by atoms with Gasteiger partial charge in [-0.1, -0.05) is 18.7 Å². The summed E-state index contributed by atoms with van der Waals surface area (Å²) in [6, 6.07) is 6.33. The third-order valence-corrected chi connectivity index (χ3v) is 3.87. The fourth-order valence-corrected chi connectivity index (χ4v) is 2.52. The Morgan fingerprint density at radius 1 is 1.32 bits per heavy atom. The van der Waals surface area contributed by atoms with Crippen molar-refractivity contribution in [2.45, 2.75) is 26.3 Å². The average molecular weight is 345 g/mol. The standard InChI is InChI=1S/C18H23N3O4/c1-5-19-15(22)10-21-16(23)18(4,20-17(21)24)13-6-8-14(9-7-13)25-11-12(2)3/h6-9H,2,5,10-11H2,1,3-4H3,(H,19,22)(H,20,24). The normalized spacial score (nSPS) is 19.6. The summed E-state index contributed by atoms with van der Waals surface area (Å²) in [4.78, 5) is 37.5. The maximum Gasteiger partial charge on any atom is 0.325 e. The van der Waals surface area contributed by atoms with Crippen LogP contribution in [-0.4, -0.2) is 42.4 Å². The molecule has 1 aromatic rings. The van der Waals surface area contributed by atoms with Crippen LogP contribution >= 0.6 is 0 Å². The highest BCUT2D eigenvalue weighted by Gasteiger charge is 2.49. The molecule has 0 bridgehead atoms. The first-order valence-electron chi connectivity index (χ1n) is 8.06. The van der Waals surface area contributed by atoms with E-state index in [0.29, 0.717) is 24.5 Å². The van der Waals surface area contributed by atoms with Crippen LogP contribution in [0.15, 0.2) is 36.4 Å². The van der Waals surface area contributed by atoms with Crippen molar-refractivity contribution in [2.24, 2.45) is 0 Å². The highest BCUT2D eigenvalue weighted by molar-refractivity contribution is 6.09. The summed E-state index contributed by atoms with van der Waals surface area (Å²) in [6.45, 7) is 9.57. The molecule has 1 fully saturated rings. The topological polar surface area (TPSA) is 87.7 Å². The third kappa shape index (κ3) is 3.99. The van der Waals surface area contributed by atoms with Gasteiger partial charge in [0.1, 0.15) is 24.4 Å². The molecule has 0 aromatic heterocycles. The zero-order chi connectivity index (χ0) is 18.6. The predicted molar refractivity (Wildman–Crippen MR) is 93.0 cm³/mol. The van der Waals surface area contributed by atoms with Gasteiger partial charge < -0.3 is 15.4 Å². The smallest absolute Gasteiger partial charge is 0.325 e. The molecule has 7 heteroatoms. The highest BCUT2D eigenvalue weighted by Crippen LogP contribution is 2.30. The molecule has 7 nitrogen and oxygen atoms in total. The van der Waals surface area contributed by atoms with Crippen molar-refractivity contribution < 1.29 is 19.1 Å². The summed E-state index contributed by atoms with van der Waals surface area (Å²) in [7, 11) is 0. The lowest BCUT2D eigenvalue weighted by Gasteiger charge is -2.22. The Morgan fingerprint density at radius 3 is 2.52 bits per heavy atom. The van der Waals surface area contributed by atoms with Gasteiger partial charge in [-0.05, 0) is 44.0 Å². The number of rotatable bonds is 7. The monoisotopic (exact) mass is 345 g/mol. The van der Waals surface area contributed by atoms with Gasteiger partial charge in [-0.15, -0.1) is 0 Å². The molecule has 0 aliphatic carbocycles. The number of imide groups is 1. The molecule has 134 valence electrons. The Kier molecular flexibility index (Phi) is 5.46. The van der Waals surface area contributed by atoms with Crippen LogP contribution < -0.4 is 15.4 Å². The van der Waals surface area contributed by atoms with E-state index < -0.39 is 17.5 Å². The minimum atomic E-state index is -1.21. The summed E-state index contributed by atoms with van der Waals surface area (Å²) < 4.78 is 5.53. The zero-order valence-electron chi connectivity index (χ0n) is 14.7. The second kappa shape index (κ2) is 7.38. The number of hydrogen-bond donors (Lipinski definition) is 2. The van der Waals surface area contributed by atoms with Gasteiger partial charge in [0.2, 0.25) is 5.91 Å². The fourth-order valence-electron chi connectivity index (χ4n) is 2.52.